The molecule has 0 saturated carbocycles. The second-order valence-corrected chi connectivity index (χ2v) is 13.0. The molecule has 0 aromatic heterocycles. The van der Waals surface area contributed by atoms with E-state index in [1.54, 1.807) is 4.90 Å². The van der Waals surface area contributed by atoms with Crippen LogP contribution in [0.3, 0.4) is 0 Å². The van der Waals surface area contributed by atoms with Crippen molar-refractivity contribution in [3.05, 3.63) is 48.6 Å². The van der Waals surface area contributed by atoms with Crippen LogP contribution in [0.1, 0.15) is 168 Å². The highest BCUT2D eigenvalue weighted by atomic mass is 16.5. The maximum absolute atomic E-state index is 12.2. The minimum Gasteiger partial charge on any atom is -0.380 e. The zero-order chi connectivity index (χ0) is 34.1. The molecule has 0 unspecified atom stereocenters. The summed E-state index contributed by atoms with van der Waals surface area (Å²) in [5, 5.41) is 0. The van der Waals surface area contributed by atoms with E-state index in [9.17, 15) is 4.79 Å². The van der Waals surface area contributed by atoms with E-state index < -0.39 is 0 Å². The molecule has 0 spiro atoms. The number of carbonyl (C=O) groups is 1. The van der Waals surface area contributed by atoms with E-state index in [1.807, 2.05) is 0 Å². The molecule has 0 atom stereocenters. The molecule has 274 valence electrons. The lowest BCUT2D eigenvalue weighted by Crippen LogP contribution is -2.40. The van der Waals surface area contributed by atoms with Gasteiger partial charge in [0, 0.05) is 26.3 Å². The maximum atomic E-state index is 12.2. The summed E-state index contributed by atoms with van der Waals surface area (Å²) in [7, 11) is 0. The average molecular weight is 659 g/mol. The van der Waals surface area contributed by atoms with Crippen LogP contribution in [0.4, 0.5) is 0 Å². The molecule has 0 aromatic carbocycles. The Balaban J connectivity index is 3.56. The number of amides is 1. The second-order valence-electron chi connectivity index (χ2n) is 13.0. The zero-order valence-corrected chi connectivity index (χ0v) is 31.3. The summed E-state index contributed by atoms with van der Waals surface area (Å²) in [6.07, 6.45) is 48.5. The van der Waals surface area contributed by atoms with Crippen LogP contribution in [0.2, 0.25) is 0 Å². The Kier molecular flexibility index (Phi) is 39.0. The summed E-state index contributed by atoms with van der Waals surface area (Å²) >= 11 is 0. The van der Waals surface area contributed by atoms with E-state index >= 15 is 0 Å². The maximum Gasteiger partial charge on any atom is 0.236 e. The lowest BCUT2D eigenvalue weighted by Gasteiger charge is -2.22. The van der Waals surface area contributed by atoms with Gasteiger partial charge in [-0.3, -0.25) is 4.79 Å². The van der Waals surface area contributed by atoms with E-state index in [-0.39, 0.29) is 12.5 Å². The Hall–Kier alpha value is -1.69. The quantitative estimate of drug-likeness (QED) is 0.0533. The Bertz CT molecular complexity index is 692. The molecule has 2 N–H and O–H groups in total. The lowest BCUT2D eigenvalue weighted by molar-refractivity contribution is -0.131. The SMILES string of the molecule is CCCCC/C=C\C/C=C\CCCCCCCCOCCN(CCOCCCCCCCC/C=C\C/C=C\CCCCC)C(=O)CN. The van der Waals surface area contributed by atoms with E-state index in [1.165, 1.54) is 128 Å². The van der Waals surface area contributed by atoms with Crippen molar-refractivity contribution in [3.8, 4) is 0 Å². The first kappa shape index (κ1) is 45.3. The summed E-state index contributed by atoms with van der Waals surface area (Å²) in [6, 6.07) is 0. The highest BCUT2D eigenvalue weighted by Crippen LogP contribution is 2.10. The summed E-state index contributed by atoms with van der Waals surface area (Å²) in [4.78, 5) is 14.0. The van der Waals surface area contributed by atoms with Crippen molar-refractivity contribution in [3.63, 3.8) is 0 Å². The zero-order valence-electron chi connectivity index (χ0n) is 31.3. The van der Waals surface area contributed by atoms with Crippen LogP contribution in [0.25, 0.3) is 0 Å². The Morgan fingerprint density at radius 3 is 1.17 bits per heavy atom. The minimum atomic E-state index is -0.0281. The molecule has 0 rings (SSSR count). The topological polar surface area (TPSA) is 64.8 Å². The molecular weight excluding hydrogens is 580 g/mol. The van der Waals surface area contributed by atoms with Crippen LogP contribution >= 0.6 is 0 Å². The van der Waals surface area contributed by atoms with Crippen LogP contribution in [0.5, 0.6) is 0 Å². The molecule has 1 amide bonds. The van der Waals surface area contributed by atoms with Crippen LogP contribution < -0.4 is 5.73 Å². The van der Waals surface area contributed by atoms with Gasteiger partial charge in [0.2, 0.25) is 5.91 Å². The third kappa shape index (κ3) is 37.0. The second kappa shape index (κ2) is 40.5. The molecule has 0 aliphatic heterocycles. The standard InChI is InChI=1S/C42H78N2O3/c1-3-5-7-9-11-13-15-17-19-21-23-25-27-29-31-33-37-46-39-35-44(42(45)41-43)36-40-47-38-34-32-30-28-26-24-22-20-18-16-14-12-10-8-6-4-2/h11-14,17-20H,3-10,15-16,21-41,43H2,1-2H3/b13-11-,14-12-,19-17-,20-18-. The highest BCUT2D eigenvalue weighted by Gasteiger charge is 2.11. The smallest absolute Gasteiger partial charge is 0.236 e. The Morgan fingerprint density at radius 1 is 0.468 bits per heavy atom. The molecule has 0 heterocycles. The molecule has 47 heavy (non-hydrogen) atoms. The summed E-state index contributed by atoms with van der Waals surface area (Å²) < 4.78 is 11.7. The third-order valence-corrected chi connectivity index (χ3v) is 8.52. The van der Waals surface area contributed by atoms with E-state index in [4.69, 9.17) is 15.2 Å². The van der Waals surface area contributed by atoms with Gasteiger partial charge in [-0.15, -0.1) is 0 Å². The van der Waals surface area contributed by atoms with E-state index in [0.29, 0.717) is 26.3 Å². The molecule has 0 aromatic rings. The predicted molar refractivity (Wildman–Crippen MR) is 206 cm³/mol. The van der Waals surface area contributed by atoms with Crippen molar-refractivity contribution < 1.29 is 14.3 Å². The van der Waals surface area contributed by atoms with Gasteiger partial charge in [-0.1, -0.05) is 140 Å². The first-order chi connectivity index (χ1) is 23.3. The fraction of sp³-hybridized carbons (Fsp3) is 0.786. The molecule has 0 radical (unpaired) electrons. The first-order valence-electron chi connectivity index (χ1n) is 20.0. The van der Waals surface area contributed by atoms with Crippen LogP contribution in [-0.2, 0) is 14.3 Å². The van der Waals surface area contributed by atoms with Gasteiger partial charge in [-0.05, 0) is 77.0 Å². The van der Waals surface area contributed by atoms with Gasteiger partial charge in [0.25, 0.3) is 0 Å². The fourth-order valence-electron chi connectivity index (χ4n) is 5.43. The monoisotopic (exact) mass is 659 g/mol. The molecule has 5 heteroatoms. The number of hydrogen-bond donors (Lipinski definition) is 1. The van der Waals surface area contributed by atoms with Crippen molar-refractivity contribution >= 4 is 5.91 Å². The largest absolute Gasteiger partial charge is 0.380 e. The fourth-order valence-corrected chi connectivity index (χ4v) is 5.43. The van der Waals surface area contributed by atoms with Gasteiger partial charge in [0.1, 0.15) is 0 Å². The molecule has 0 saturated heterocycles. The normalized spacial score (nSPS) is 12.1. The Labute approximate surface area is 292 Å². The summed E-state index contributed by atoms with van der Waals surface area (Å²) in [5.74, 6) is -0.0281. The molecule has 0 aliphatic rings. The Morgan fingerprint density at radius 2 is 0.809 bits per heavy atom. The van der Waals surface area contributed by atoms with Crippen molar-refractivity contribution in [1.82, 2.24) is 4.90 Å². The predicted octanol–water partition coefficient (Wildman–Crippen LogP) is 11.4. The number of allylic oxidation sites excluding steroid dienone is 8. The van der Waals surface area contributed by atoms with Crippen molar-refractivity contribution in [1.29, 1.82) is 0 Å². The highest BCUT2D eigenvalue weighted by molar-refractivity contribution is 5.78. The average Bonchev–Trinajstić information content (AvgIpc) is 3.09. The number of carbonyl (C=O) groups excluding carboxylic acids is 1. The molecular formula is C42H78N2O3. The van der Waals surface area contributed by atoms with Gasteiger partial charge >= 0.3 is 0 Å². The third-order valence-electron chi connectivity index (χ3n) is 8.52. The summed E-state index contributed by atoms with van der Waals surface area (Å²) in [6.45, 7) is 8.40. The first-order valence-corrected chi connectivity index (χ1v) is 20.0. The molecule has 0 aliphatic carbocycles. The van der Waals surface area contributed by atoms with Crippen molar-refractivity contribution in [2.24, 2.45) is 5.73 Å². The van der Waals surface area contributed by atoms with Gasteiger partial charge in [0.05, 0.1) is 19.8 Å². The lowest BCUT2D eigenvalue weighted by atomic mass is 10.1. The number of ether oxygens (including phenoxy) is 2. The van der Waals surface area contributed by atoms with Gasteiger partial charge in [0.15, 0.2) is 0 Å². The molecule has 0 bridgehead atoms. The molecule has 5 nitrogen and oxygen atoms in total. The van der Waals surface area contributed by atoms with Crippen LogP contribution in [0, 0.1) is 0 Å². The number of hydrogen-bond acceptors (Lipinski definition) is 4. The van der Waals surface area contributed by atoms with Gasteiger partial charge < -0.3 is 20.1 Å². The van der Waals surface area contributed by atoms with Crippen LogP contribution in [-0.4, -0.2) is 56.9 Å². The summed E-state index contributed by atoms with van der Waals surface area (Å²) in [5.41, 5.74) is 5.64. The number of unbranched alkanes of at least 4 members (excludes halogenated alkanes) is 18. The minimum absolute atomic E-state index is 0.0281. The van der Waals surface area contributed by atoms with E-state index in [0.717, 1.165) is 38.9 Å². The van der Waals surface area contributed by atoms with E-state index in [2.05, 4.69) is 62.5 Å². The number of rotatable bonds is 37. The van der Waals surface area contributed by atoms with Crippen LogP contribution in [0.15, 0.2) is 48.6 Å². The van der Waals surface area contributed by atoms with Gasteiger partial charge in [-0.2, -0.15) is 0 Å². The molecule has 0 fully saturated rings. The van der Waals surface area contributed by atoms with Crippen molar-refractivity contribution in [2.75, 3.05) is 46.1 Å². The van der Waals surface area contributed by atoms with Crippen molar-refractivity contribution in [2.45, 2.75) is 168 Å². The van der Waals surface area contributed by atoms with Gasteiger partial charge in [-0.25, -0.2) is 0 Å². The number of nitrogens with zero attached hydrogens (tertiary/aromatic N) is 1. The number of nitrogens with two attached hydrogens (primary N) is 1.